The number of methoxy groups -OCH3 is 1. The molecule has 1 amide bonds. The topological polar surface area (TPSA) is 106 Å². The van der Waals surface area contributed by atoms with Crippen LogP contribution in [0.15, 0.2) is 59.0 Å². The summed E-state index contributed by atoms with van der Waals surface area (Å²) in [4.78, 5) is 29.7. The number of benzene rings is 1. The third-order valence-corrected chi connectivity index (χ3v) is 4.34. The highest BCUT2D eigenvalue weighted by Crippen LogP contribution is 2.29. The second kappa shape index (κ2) is 9.69. The zero-order valence-electron chi connectivity index (χ0n) is 16.0. The van der Waals surface area contributed by atoms with Crippen LogP contribution in [-0.4, -0.2) is 35.6 Å². The molecule has 0 aliphatic rings. The van der Waals surface area contributed by atoms with Crippen LogP contribution in [0.4, 0.5) is 0 Å². The third kappa shape index (κ3) is 4.66. The number of hydrogen-bond acceptors (Lipinski definition) is 6. The molecule has 0 unspecified atom stereocenters. The van der Waals surface area contributed by atoms with Crippen molar-refractivity contribution in [3.8, 4) is 17.7 Å². The number of nitriles is 1. The van der Waals surface area contributed by atoms with Gasteiger partial charge in [0.1, 0.15) is 28.6 Å². The largest absolute Gasteiger partial charge is 0.437 e. The number of carbonyl (C=O) groups is 1. The molecule has 3 rings (SSSR count). The number of carbonyl (C=O) groups excluding carboxylic acids is 1. The van der Waals surface area contributed by atoms with Gasteiger partial charge in [-0.25, -0.2) is 0 Å². The molecule has 3 aromatic rings. The van der Waals surface area contributed by atoms with Gasteiger partial charge in [-0.2, -0.15) is 10.2 Å². The summed E-state index contributed by atoms with van der Waals surface area (Å²) in [5.74, 6) is -0.434. The molecule has 0 fully saturated rings. The maximum Gasteiger partial charge on any atom is 0.269 e. The van der Waals surface area contributed by atoms with Crippen LogP contribution < -0.4 is 15.6 Å². The van der Waals surface area contributed by atoms with Crippen molar-refractivity contribution in [3.05, 3.63) is 75.2 Å². The Hall–Kier alpha value is -3.67. The minimum atomic E-state index is -0.643. The van der Waals surface area contributed by atoms with E-state index in [9.17, 15) is 14.9 Å². The summed E-state index contributed by atoms with van der Waals surface area (Å²) in [6, 6.07) is 13.5. The van der Waals surface area contributed by atoms with E-state index in [4.69, 9.17) is 21.1 Å². The molecule has 8 nitrogen and oxygen atoms in total. The van der Waals surface area contributed by atoms with Gasteiger partial charge in [0.05, 0.1) is 11.6 Å². The molecular weight excluding hydrogens is 408 g/mol. The molecule has 0 spiro atoms. The average Bonchev–Trinajstić information content (AvgIpc) is 2.75. The molecule has 0 atom stereocenters. The minimum Gasteiger partial charge on any atom is -0.437 e. The number of nitrogens with one attached hydrogen (secondary N) is 1. The average molecular weight is 425 g/mol. The number of fused-ring (bicyclic) bond motifs is 1. The van der Waals surface area contributed by atoms with E-state index in [-0.39, 0.29) is 35.9 Å². The van der Waals surface area contributed by atoms with Crippen molar-refractivity contribution < 1.29 is 14.3 Å². The Balaban J connectivity index is 2.12. The molecule has 0 aliphatic carbocycles. The second-order valence-electron chi connectivity index (χ2n) is 6.02. The molecule has 2 heterocycles. The van der Waals surface area contributed by atoms with Crippen molar-refractivity contribution in [1.82, 2.24) is 14.7 Å². The van der Waals surface area contributed by atoms with Gasteiger partial charge in [-0.1, -0.05) is 29.8 Å². The summed E-state index contributed by atoms with van der Waals surface area (Å²) in [6.07, 6.45) is 2.69. The summed E-state index contributed by atoms with van der Waals surface area (Å²) >= 11 is 6.16. The maximum absolute atomic E-state index is 13.1. The number of halogens is 1. The zero-order chi connectivity index (χ0) is 21.5. The first-order valence-electron chi connectivity index (χ1n) is 8.88. The first-order valence-corrected chi connectivity index (χ1v) is 9.25. The Morgan fingerprint density at radius 1 is 1.30 bits per heavy atom. The van der Waals surface area contributed by atoms with Gasteiger partial charge in [-0.3, -0.25) is 14.0 Å². The predicted octanol–water partition coefficient (Wildman–Crippen LogP) is 2.81. The number of para-hydroxylation sites is 1. The van der Waals surface area contributed by atoms with Gasteiger partial charge in [0, 0.05) is 19.9 Å². The lowest BCUT2D eigenvalue weighted by Crippen LogP contribution is -2.28. The summed E-state index contributed by atoms with van der Waals surface area (Å²) in [5, 5.41) is 12.3. The van der Waals surface area contributed by atoms with Crippen LogP contribution in [0.5, 0.6) is 11.6 Å². The quantitative estimate of drug-likeness (QED) is 0.355. The molecule has 0 radical (unpaired) electrons. The first kappa shape index (κ1) is 21.0. The van der Waals surface area contributed by atoms with E-state index in [0.29, 0.717) is 10.7 Å². The Labute approximate surface area is 176 Å². The van der Waals surface area contributed by atoms with Crippen LogP contribution in [0.3, 0.4) is 0 Å². The monoisotopic (exact) mass is 424 g/mol. The molecule has 0 saturated heterocycles. The van der Waals surface area contributed by atoms with E-state index in [1.165, 1.54) is 17.7 Å². The number of ether oxygens (including phenoxy) is 2. The van der Waals surface area contributed by atoms with Crippen molar-refractivity contribution >= 4 is 29.2 Å². The molecule has 30 heavy (non-hydrogen) atoms. The maximum atomic E-state index is 13.1. The molecule has 0 aliphatic heterocycles. The van der Waals surface area contributed by atoms with E-state index in [1.807, 2.05) is 0 Å². The Kier molecular flexibility index (Phi) is 6.80. The minimum absolute atomic E-state index is 0.0583. The van der Waals surface area contributed by atoms with Gasteiger partial charge in [-0.05, 0) is 30.3 Å². The summed E-state index contributed by atoms with van der Waals surface area (Å²) in [5.41, 5.74) is -0.494. The molecule has 152 valence electrons. The highest BCUT2D eigenvalue weighted by molar-refractivity contribution is 6.32. The van der Waals surface area contributed by atoms with Crippen LogP contribution in [0.1, 0.15) is 5.56 Å². The molecule has 0 saturated carbocycles. The normalized spacial score (nSPS) is 11.2. The standard InChI is InChI=1S/C21H17ClN4O4/c1-29-11-9-24-19(27)14(13-23)12-15-20(30-17-7-3-2-6-16(17)22)25-18-8-4-5-10-26(18)21(15)28/h2-8,10,12H,9,11H2,1H3,(H,24,27). The van der Waals surface area contributed by atoms with E-state index in [0.717, 1.165) is 6.08 Å². The zero-order valence-corrected chi connectivity index (χ0v) is 16.7. The van der Waals surface area contributed by atoms with Gasteiger partial charge in [0.25, 0.3) is 11.5 Å². The Morgan fingerprint density at radius 3 is 2.80 bits per heavy atom. The molecule has 9 heteroatoms. The van der Waals surface area contributed by atoms with E-state index in [2.05, 4.69) is 10.3 Å². The second-order valence-corrected chi connectivity index (χ2v) is 6.42. The highest BCUT2D eigenvalue weighted by atomic mass is 35.5. The number of hydrogen-bond donors (Lipinski definition) is 1. The van der Waals surface area contributed by atoms with E-state index in [1.54, 1.807) is 48.5 Å². The van der Waals surface area contributed by atoms with Crippen molar-refractivity contribution in [3.63, 3.8) is 0 Å². The molecule has 1 aromatic carbocycles. The first-order chi connectivity index (χ1) is 14.5. The SMILES string of the molecule is COCCNC(=O)C(C#N)=Cc1c(Oc2ccccc2Cl)nc2ccccn2c1=O. The van der Waals surface area contributed by atoms with Gasteiger partial charge in [0.2, 0.25) is 5.88 Å². The van der Waals surface area contributed by atoms with E-state index < -0.39 is 11.5 Å². The molecule has 1 N–H and O–H groups in total. The van der Waals surface area contributed by atoms with Crippen molar-refractivity contribution in [1.29, 1.82) is 5.26 Å². The number of amides is 1. The van der Waals surface area contributed by atoms with Gasteiger partial charge < -0.3 is 14.8 Å². The fraction of sp³-hybridized carbons (Fsp3) is 0.143. The lowest BCUT2D eigenvalue weighted by Gasteiger charge is -2.11. The Morgan fingerprint density at radius 2 is 2.07 bits per heavy atom. The van der Waals surface area contributed by atoms with Crippen LogP contribution in [-0.2, 0) is 9.53 Å². The van der Waals surface area contributed by atoms with Crippen molar-refractivity contribution in [2.24, 2.45) is 0 Å². The van der Waals surface area contributed by atoms with Crippen LogP contribution in [0, 0.1) is 11.3 Å². The summed E-state index contributed by atoms with van der Waals surface area (Å²) in [7, 11) is 1.49. The number of nitrogens with zero attached hydrogens (tertiary/aromatic N) is 3. The smallest absolute Gasteiger partial charge is 0.269 e. The fourth-order valence-electron chi connectivity index (χ4n) is 2.57. The van der Waals surface area contributed by atoms with Crippen LogP contribution in [0.2, 0.25) is 5.02 Å². The van der Waals surface area contributed by atoms with Gasteiger partial charge in [-0.15, -0.1) is 0 Å². The van der Waals surface area contributed by atoms with Crippen molar-refractivity contribution in [2.75, 3.05) is 20.3 Å². The van der Waals surface area contributed by atoms with Crippen molar-refractivity contribution in [2.45, 2.75) is 0 Å². The predicted molar refractivity (Wildman–Crippen MR) is 111 cm³/mol. The number of aromatic nitrogens is 2. The summed E-state index contributed by atoms with van der Waals surface area (Å²) in [6.45, 7) is 0.498. The van der Waals surface area contributed by atoms with E-state index >= 15 is 0 Å². The lowest BCUT2D eigenvalue weighted by molar-refractivity contribution is -0.117. The number of pyridine rings is 1. The highest BCUT2D eigenvalue weighted by Gasteiger charge is 2.17. The van der Waals surface area contributed by atoms with Crippen LogP contribution >= 0.6 is 11.6 Å². The van der Waals surface area contributed by atoms with Gasteiger partial charge in [0.15, 0.2) is 0 Å². The van der Waals surface area contributed by atoms with Crippen LogP contribution in [0.25, 0.3) is 11.7 Å². The fourth-order valence-corrected chi connectivity index (χ4v) is 2.74. The summed E-state index contributed by atoms with van der Waals surface area (Å²) < 4.78 is 12.0. The molecule has 0 bridgehead atoms. The molecular formula is C21H17ClN4O4. The number of rotatable bonds is 7. The Bertz CT molecular complexity index is 1210. The lowest BCUT2D eigenvalue weighted by atomic mass is 10.1. The molecule has 2 aromatic heterocycles. The third-order valence-electron chi connectivity index (χ3n) is 4.02. The van der Waals surface area contributed by atoms with Gasteiger partial charge >= 0.3 is 0 Å².